The van der Waals surface area contributed by atoms with Crippen LogP contribution in [0.4, 0.5) is 10.1 Å². The molecule has 1 aromatic rings. The van der Waals surface area contributed by atoms with Crippen molar-refractivity contribution in [3.8, 4) is 5.75 Å². The Hall–Kier alpha value is -2.11. The second-order valence-electron chi connectivity index (χ2n) is 4.96. The average Bonchev–Trinajstić information content (AvgIpc) is 2.79. The van der Waals surface area contributed by atoms with Crippen LogP contribution in [0.15, 0.2) is 18.2 Å². The first-order chi connectivity index (χ1) is 9.45. The molecular formula is C14H17FN2O3. The van der Waals surface area contributed by atoms with Crippen LogP contribution in [0.5, 0.6) is 5.75 Å². The molecule has 5 nitrogen and oxygen atoms in total. The maximum absolute atomic E-state index is 13.8. The Morgan fingerprint density at radius 3 is 2.80 bits per heavy atom. The van der Waals surface area contributed by atoms with Gasteiger partial charge in [-0.25, -0.2) is 4.39 Å². The van der Waals surface area contributed by atoms with Crippen molar-refractivity contribution in [2.75, 3.05) is 5.32 Å². The average molecular weight is 280 g/mol. The Labute approximate surface area is 116 Å². The fourth-order valence-electron chi connectivity index (χ4n) is 1.97. The van der Waals surface area contributed by atoms with E-state index < -0.39 is 11.9 Å². The molecule has 0 aliphatic carbocycles. The molecule has 2 amide bonds. The van der Waals surface area contributed by atoms with Gasteiger partial charge in [0.15, 0.2) is 11.6 Å². The monoisotopic (exact) mass is 280 g/mol. The molecule has 2 N–H and O–H groups in total. The number of hydrogen-bond donors (Lipinski definition) is 2. The molecule has 1 aliphatic rings. The summed E-state index contributed by atoms with van der Waals surface area (Å²) in [6.07, 6.45) is 0.675. The molecule has 0 saturated carbocycles. The Kier molecular flexibility index (Phi) is 4.22. The molecule has 1 aliphatic heterocycles. The summed E-state index contributed by atoms with van der Waals surface area (Å²) in [5.41, 5.74) is 0.338. The molecule has 1 aromatic carbocycles. The summed E-state index contributed by atoms with van der Waals surface area (Å²) in [5, 5.41) is 5.13. The van der Waals surface area contributed by atoms with Gasteiger partial charge in [-0.2, -0.15) is 0 Å². The van der Waals surface area contributed by atoms with E-state index in [0.29, 0.717) is 18.5 Å². The highest BCUT2D eigenvalue weighted by Gasteiger charge is 2.27. The number of nitrogens with one attached hydrogen (secondary N) is 2. The minimum atomic E-state index is -0.544. The first-order valence-electron chi connectivity index (χ1n) is 6.52. The summed E-state index contributed by atoms with van der Waals surface area (Å²) in [4.78, 5) is 22.9. The summed E-state index contributed by atoms with van der Waals surface area (Å²) >= 11 is 0. The first-order valence-corrected chi connectivity index (χ1v) is 6.52. The molecular weight excluding hydrogens is 263 g/mol. The lowest BCUT2D eigenvalue weighted by Gasteiger charge is -2.13. The Morgan fingerprint density at radius 1 is 1.50 bits per heavy atom. The van der Waals surface area contributed by atoms with Gasteiger partial charge in [0, 0.05) is 18.2 Å². The Bertz CT molecular complexity index is 531. The van der Waals surface area contributed by atoms with E-state index >= 15 is 0 Å². The lowest BCUT2D eigenvalue weighted by atomic mass is 10.2. The van der Waals surface area contributed by atoms with E-state index in [4.69, 9.17) is 4.74 Å². The Balaban J connectivity index is 2.01. The molecule has 1 saturated heterocycles. The van der Waals surface area contributed by atoms with Crippen LogP contribution in [0.25, 0.3) is 0 Å². The highest BCUT2D eigenvalue weighted by molar-refractivity contribution is 5.98. The van der Waals surface area contributed by atoms with Gasteiger partial charge in [0.2, 0.25) is 11.8 Å². The third-order valence-electron chi connectivity index (χ3n) is 2.87. The molecule has 0 bridgehead atoms. The summed E-state index contributed by atoms with van der Waals surface area (Å²) in [6, 6.07) is 3.69. The van der Waals surface area contributed by atoms with Crippen LogP contribution in [0, 0.1) is 5.82 Å². The summed E-state index contributed by atoms with van der Waals surface area (Å²) in [5.74, 6) is -0.871. The van der Waals surface area contributed by atoms with E-state index in [1.807, 2.05) is 0 Å². The van der Waals surface area contributed by atoms with Crippen LogP contribution in [-0.4, -0.2) is 24.0 Å². The zero-order valence-electron chi connectivity index (χ0n) is 11.4. The van der Waals surface area contributed by atoms with Gasteiger partial charge in [-0.1, -0.05) is 0 Å². The molecule has 1 unspecified atom stereocenters. The van der Waals surface area contributed by atoms with Gasteiger partial charge in [0.05, 0.1) is 6.10 Å². The summed E-state index contributed by atoms with van der Waals surface area (Å²) < 4.78 is 19.0. The molecule has 1 atom stereocenters. The molecule has 1 fully saturated rings. The Morgan fingerprint density at radius 2 is 2.25 bits per heavy atom. The number of halogens is 1. The number of carbonyl (C=O) groups is 2. The zero-order valence-corrected chi connectivity index (χ0v) is 11.4. The minimum Gasteiger partial charge on any atom is -0.488 e. The van der Waals surface area contributed by atoms with Crippen molar-refractivity contribution >= 4 is 17.5 Å². The molecule has 6 heteroatoms. The lowest BCUT2D eigenvalue weighted by molar-refractivity contribution is -0.122. The van der Waals surface area contributed by atoms with E-state index in [0.717, 1.165) is 0 Å². The van der Waals surface area contributed by atoms with Crippen LogP contribution in [0.1, 0.15) is 26.7 Å². The maximum atomic E-state index is 13.8. The number of rotatable bonds is 4. The van der Waals surface area contributed by atoms with Crippen molar-refractivity contribution in [2.24, 2.45) is 0 Å². The van der Waals surface area contributed by atoms with E-state index in [2.05, 4.69) is 10.6 Å². The van der Waals surface area contributed by atoms with Gasteiger partial charge in [0.25, 0.3) is 0 Å². The summed E-state index contributed by atoms with van der Waals surface area (Å²) in [7, 11) is 0. The molecule has 1 heterocycles. The van der Waals surface area contributed by atoms with Crippen LogP contribution >= 0.6 is 0 Å². The maximum Gasteiger partial charge on any atom is 0.246 e. The lowest BCUT2D eigenvalue weighted by Crippen LogP contribution is -2.37. The van der Waals surface area contributed by atoms with Crippen molar-refractivity contribution < 1.29 is 18.7 Å². The summed E-state index contributed by atoms with van der Waals surface area (Å²) in [6.45, 7) is 3.61. The molecule has 0 radical (unpaired) electrons. The largest absolute Gasteiger partial charge is 0.488 e. The van der Waals surface area contributed by atoms with Crippen LogP contribution in [-0.2, 0) is 9.59 Å². The topological polar surface area (TPSA) is 67.4 Å². The van der Waals surface area contributed by atoms with Gasteiger partial charge in [0.1, 0.15) is 6.04 Å². The van der Waals surface area contributed by atoms with Gasteiger partial charge in [-0.3, -0.25) is 9.59 Å². The zero-order chi connectivity index (χ0) is 14.7. The van der Waals surface area contributed by atoms with E-state index in [1.165, 1.54) is 12.1 Å². The standard InChI is InChI=1S/C14H17FN2O3/c1-8(2)20-12-5-3-9(7-10(12)15)16-14(19)11-4-6-13(18)17-11/h3,5,7-8,11H,4,6H2,1-2H3,(H,16,19)(H,17,18). The first kappa shape index (κ1) is 14.3. The quantitative estimate of drug-likeness (QED) is 0.884. The van der Waals surface area contributed by atoms with Crippen LogP contribution < -0.4 is 15.4 Å². The second kappa shape index (κ2) is 5.90. The second-order valence-corrected chi connectivity index (χ2v) is 4.96. The fourth-order valence-corrected chi connectivity index (χ4v) is 1.97. The van der Waals surface area contributed by atoms with Gasteiger partial charge in [-0.05, 0) is 32.4 Å². The predicted molar refractivity (Wildman–Crippen MR) is 72.0 cm³/mol. The van der Waals surface area contributed by atoms with Crippen LogP contribution in [0.3, 0.4) is 0 Å². The number of anilines is 1. The third-order valence-corrected chi connectivity index (χ3v) is 2.87. The normalized spacial score (nSPS) is 18.0. The predicted octanol–water partition coefficient (Wildman–Crippen LogP) is 1.83. The van der Waals surface area contributed by atoms with Crippen molar-refractivity contribution in [2.45, 2.75) is 38.8 Å². The van der Waals surface area contributed by atoms with Crippen molar-refractivity contribution in [1.29, 1.82) is 0 Å². The number of amides is 2. The van der Waals surface area contributed by atoms with Crippen LogP contribution in [0.2, 0.25) is 0 Å². The van der Waals surface area contributed by atoms with Crippen molar-refractivity contribution in [1.82, 2.24) is 5.32 Å². The number of benzene rings is 1. The molecule has 108 valence electrons. The molecule has 2 rings (SSSR count). The van der Waals surface area contributed by atoms with Gasteiger partial charge >= 0.3 is 0 Å². The number of ether oxygens (including phenoxy) is 1. The number of carbonyl (C=O) groups excluding carboxylic acids is 2. The van der Waals surface area contributed by atoms with Gasteiger partial charge in [-0.15, -0.1) is 0 Å². The van der Waals surface area contributed by atoms with E-state index in [-0.39, 0.29) is 23.7 Å². The number of hydrogen-bond acceptors (Lipinski definition) is 3. The van der Waals surface area contributed by atoms with E-state index in [1.54, 1.807) is 19.9 Å². The SMILES string of the molecule is CC(C)Oc1ccc(NC(=O)C2CCC(=O)N2)cc1F. The fraction of sp³-hybridized carbons (Fsp3) is 0.429. The highest BCUT2D eigenvalue weighted by Crippen LogP contribution is 2.22. The highest BCUT2D eigenvalue weighted by atomic mass is 19.1. The minimum absolute atomic E-state index is 0.126. The molecule has 0 aromatic heterocycles. The molecule has 20 heavy (non-hydrogen) atoms. The third kappa shape index (κ3) is 3.46. The van der Waals surface area contributed by atoms with E-state index in [9.17, 15) is 14.0 Å². The van der Waals surface area contributed by atoms with Crippen molar-refractivity contribution in [3.05, 3.63) is 24.0 Å². The smallest absolute Gasteiger partial charge is 0.246 e. The van der Waals surface area contributed by atoms with Crippen molar-refractivity contribution in [3.63, 3.8) is 0 Å². The molecule has 0 spiro atoms. The van der Waals surface area contributed by atoms with Gasteiger partial charge < -0.3 is 15.4 Å².